The highest BCUT2D eigenvalue weighted by molar-refractivity contribution is 5.80. The largest absolute Gasteiger partial charge is 0.481 e. The third-order valence-corrected chi connectivity index (χ3v) is 3.19. The first kappa shape index (κ1) is 14.9. The van der Waals surface area contributed by atoms with Gasteiger partial charge in [0.1, 0.15) is 0 Å². The van der Waals surface area contributed by atoms with Crippen molar-refractivity contribution >= 4 is 11.9 Å². The van der Waals surface area contributed by atoms with Crippen molar-refractivity contribution in [1.29, 1.82) is 0 Å². The van der Waals surface area contributed by atoms with Crippen LogP contribution < -0.4 is 5.32 Å². The van der Waals surface area contributed by atoms with Crippen molar-refractivity contribution in [2.45, 2.75) is 31.7 Å². The highest BCUT2D eigenvalue weighted by Gasteiger charge is 2.37. The quantitative estimate of drug-likeness (QED) is 0.721. The lowest BCUT2D eigenvalue weighted by molar-refractivity contribution is -0.141. The van der Waals surface area contributed by atoms with Gasteiger partial charge in [0, 0.05) is 20.3 Å². The van der Waals surface area contributed by atoms with Gasteiger partial charge < -0.3 is 19.9 Å². The van der Waals surface area contributed by atoms with E-state index in [4.69, 9.17) is 14.6 Å². The minimum Gasteiger partial charge on any atom is -0.481 e. The number of amides is 1. The number of carboxylic acids is 1. The van der Waals surface area contributed by atoms with Gasteiger partial charge in [0.25, 0.3) is 0 Å². The van der Waals surface area contributed by atoms with Crippen molar-refractivity contribution in [2.24, 2.45) is 5.92 Å². The van der Waals surface area contributed by atoms with Gasteiger partial charge in [-0.1, -0.05) is 6.92 Å². The van der Waals surface area contributed by atoms with Crippen LogP contribution in [0.4, 0.5) is 0 Å². The molecule has 1 saturated heterocycles. The molecule has 1 aliphatic rings. The number of carbonyl (C=O) groups excluding carboxylic acids is 1. The molecule has 0 aromatic rings. The summed E-state index contributed by atoms with van der Waals surface area (Å²) in [6.45, 7) is 3.04. The van der Waals surface area contributed by atoms with Crippen LogP contribution in [0.5, 0.6) is 0 Å². The Balaban J connectivity index is 2.66. The third-order valence-electron chi connectivity index (χ3n) is 3.19. The van der Waals surface area contributed by atoms with E-state index in [0.717, 1.165) is 0 Å². The number of carbonyl (C=O) groups is 2. The van der Waals surface area contributed by atoms with Crippen LogP contribution in [-0.2, 0) is 19.1 Å². The van der Waals surface area contributed by atoms with Crippen molar-refractivity contribution < 1.29 is 24.2 Å². The molecular formula is C12H21NO5. The summed E-state index contributed by atoms with van der Waals surface area (Å²) in [7, 11) is 1.53. The van der Waals surface area contributed by atoms with Crippen molar-refractivity contribution in [3.8, 4) is 0 Å². The van der Waals surface area contributed by atoms with Gasteiger partial charge >= 0.3 is 5.97 Å². The molecule has 2 N–H and O–H groups in total. The summed E-state index contributed by atoms with van der Waals surface area (Å²) in [6.07, 6.45) is 0.997. The highest BCUT2D eigenvalue weighted by atomic mass is 16.5. The van der Waals surface area contributed by atoms with E-state index < -0.39 is 11.5 Å². The Morgan fingerprint density at radius 1 is 1.44 bits per heavy atom. The van der Waals surface area contributed by atoms with Gasteiger partial charge in [0.2, 0.25) is 5.91 Å². The summed E-state index contributed by atoms with van der Waals surface area (Å²) in [6, 6.07) is 0. The summed E-state index contributed by atoms with van der Waals surface area (Å²) in [5, 5.41) is 11.8. The zero-order valence-electron chi connectivity index (χ0n) is 10.9. The molecule has 0 saturated carbocycles. The maximum absolute atomic E-state index is 12.0. The molecule has 0 aromatic carbocycles. The number of ether oxygens (including phenoxy) is 2. The van der Waals surface area contributed by atoms with E-state index in [1.807, 2.05) is 0 Å². The molecule has 1 rings (SSSR count). The van der Waals surface area contributed by atoms with Gasteiger partial charge in [-0.3, -0.25) is 9.59 Å². The van der Waals surface area contributed by atoms with E-state index in [1.165, 1.54) is 7.11 Å². The predicted molar refractivity (Wildman–Crippen MR) is 64.2 cm³/mol. The Bertz CT molecular complexity index is 299. The fourth-order valence-corrected chi connectivity index (χ4v) is 2.11. The van der Waals surface area contributed by atoms with E-state index in [2.05, 4.69) is 5.32 Å². The molecule has 0 spiro atoms. The average Bonchev–Trinajstić information content (AvgIpc) is 2.29. The molecule has 1 atom stereocenters. The minimum atomic E-state index is -0.906. The number of aliphatic carboxylic acids is 1. The third kappa shape index (κ3) is 4.27. The Labute approximate surface area is 107 Å². The summed E-state index contributed by atoms with van der Waals surface area (Å²) in [4.78, 5) is 22.9. The highest BCUT2D eigenvalue weighted by Crippen LogP contribution is 2.25. The molecule has 1 amide bonds. The van der Waals surface area contributed by atoms with Crippen LogP contribution in [0.15, 0.2) is 0 Å². The first-order valence-corrected chi connectivity index (χ1v) is 6.09. The zero-order valence-corrected chi connectivity index (χ0v) is 10.9. The van der Waals surface area contributed by atoms with Crippen LogP contribution in [0.1, 0.15) is 26.2 Å². The molecule has 1 unspecified atom stereocenters. The lowest BCUT2D eigenvalue weighted by Gasteiger charge is -2.37. The Morgan fingerprint density at radius 3 is 2.56 bits per heavy atom. The molecule has 0 radical (unpaired) electrons. The summed E-state index contributed by atoms with van der Waals surface area (Å²) < 4.78 is 10.2. The minimum absolute atomic E-state index is 0.0677. The molecule has 6 heteroatoms. The number of hydrogen-bond donors (Lipinski definition) is 2. The van der Waals surface area contributed by atoms with E-state index in [1.54, 1.807) is 6.92 Å². The number of methoxy groups -OCH3 is 1. The van der Waals surface area contributed by atoms with Gasteiger partial charge in [-0.05, 0) is 12.8 Å². The van der Waals surface area contributed by atoms with Crippen LogP contribution >= 0.6 is 0 Å². The topological polar surface area (TPSA) is 84.9 Å². The summed E-state index contributed by atoms with van der Waals surface area (Å²) in [5.74, 6) is -1.36. The number of hydrogen-bond acceptors (Lipinski definition) is 4. The maximum Gasteiger partial charge on any atom is 0.305 e. The van der Waals surface area contributed by atoms with Crippen LogP contribution in [0, 0.1) is 5.92 Å². The second-order valence-corrected chi connectivity index (χ2v) is 4.81. The molecular weight excluding hydrogens is 238 g/mol. The molecule has 0 aliphatic carbocycles. The molecule has 18 heavy (non-hydrogen) atoms. The fourth-order valence-electron chi connectivity index (χ4n) is 2.11. The molecule has 6 nitrogen and oxygen atoms in total. The van der Waals surface area contributed by atoms with Crippen LogP contribution in [0.3, 0.4) is 0 Å². The number of rotatable bonds is 6. The van der Waals surface area contributed by atoms with E-state index in [0.29, 0.717) is 32.7 Å². The van der Waals surface area contributed by atoms with Crippen LogP contribution in [0.25, 0.3) is 0 Å². The molecule has 1 fully saturated rings. The molecule has 0 aromatic heterocycles. The number of carboxylic acid groups (broad SMARTS) is 1. The SMILES string of the molecule is COCC(C)C(=O)NC1(CC(=O)O)CCOCC1. The van der Waals surface area contributed by atoms with Gasteiger partial charge in [-0.15, -0.1) is 0 Å². The Hall–Kier alpha value is -1.14. The summed E-state index contributed by atoms with van der Waals surface area (Å²) in [5.41, 5.74) is -0.677. The van der Waals surface area contributed by atoms with Gasteiger partial charge in [-0.25, -0.2) is 0 Å². The van der Waals surface area contributed by atoms with Crippen molar-refractivity contribution in [3.63, 3.8) is 0 Å². The first-order chi connectivity index (χ1) is 8.49. The molecule has 1 heterocycles. The first-order valence-electron chi connectivity index (χ1n) is 6.09. The zero-order chi connectivity index (χ0) is 13.6. The van der Waals surface area contributed by atoms with Gasteiger partial charge in [0.05, 0.1) is 24.5 Å². The maximum atomic E-state index is 12.0. The lowest BCUT2D eigenvalue weighted by Crippen LogP contribution is -2.54. The van der Waals surface area contributed by atoms with Crippen LogP contribution in [-0.4, -0.2) is 49.5 Å². The fraction of sp³-hybridized carbons (Fsp3) is 0.833. The second kappa shape index (κ2) is 6.70. The average molecular weight is 259 g/mol. The van der Waals surface area contributed by atoms with E-state index in [9.17, 15) is 9.59 Å². The smallest absolute Gasteiger partial charge is 0.305 e. The lowest BCUT2D eigenvalue weighted by atomic mass is 9.86. The molecule has 0 bridgehead atoms. The Morgan fingerprint density at radius 2 is 2.06 bits per heavy atom. The molecule has 1 aliphatic heterocycles. The second-order valence-electron chi connectivity index (χ2n) is 4.81. The van der Waals surface area contributed by atoms with Crippen molar-refractivity contribution in [3.05, 3.63) is 0 Å². The monoisotopic (exact) mass is 259 g/mol. The van der Waals surface area contributed by atoms with Gasteiger partial charge in [-0.2, -0.15) is 0 Å². The van der Waals surface area contributed by atoms with Crippen molar-refractivity contribution in [2.75, 3.05) is 26.9 Å². The normalized spacial score (nSPS) is 20.1. The number of nitrogens with one attached hydrogen (secondary N) is 1. The standard InChI is InChI=1S/C12H21NO5/c1-9(8-17-2)11(16)13-12(7-10(14)15)3-5-18-6-4-12/h9H,3-8H2,1-2H3,(H,13,16)(H,14,15). The van der Waals surface area contributed by atoms with E-state index >= 15 is 0 Å². The Kier molecular flexibility index (Phi) is 5.55. The van der Waals surface area contributed by atoms with Crippen molar-refractivity contribution in [1.82, 2.24) is 5.32 Å². The predicted octanol–water partition coefficient (Wildman–Crippen LogP) is 0.409. The summed E-state index contributed by atoms with van der Waals surface area (Å²) >= 11 is 0. The van der Waals surface area contributed by atoms with E-state index in [-0.39, 0.29) is 18.2 Å². The van der Waals surface area contributed by atoms with Gasteiger partial charge in [0.15, 0.2) is 0 Å². The van der Waals surface area contributed by atoms with Crippen LogP contribution in [0.2, 0.25) is 0 Å². The molecule has 104 valence electrons.